The number of methoxy groups -OCH3 is 1. The van der Waals surface area contributed by atoms with Gasteiger partial charge in [0, 0.05) is 28.3 Å². The van der Waals surface area contributed by atoms with Gasteiger partial charge in [-0.25, -0.2) is 0 Å². The maximum absolute atomic E-state index is 11.9. The maximum Gasteiger partial charge on any atom is 0.323 e. The lowest BCUT2D eigenvalue weighted by Gasteiger charge is -2.29. The van der Waals surface area contributed by atoms with Crippen LogP contribution in [-0.2, 0) is 20.3 Å². The van der Waals surface area contributed by atoms with Gasteiger partial charge < -0.3 is 14.2 Å². The van der Waals surface area contributed by atoms with E-state index in [1.807, 2.05) is 18.2 Å². The molecule has 0 spiro atoms. The van der Waals surface area contributed by atoms with E-state index < -0.39 is 16.8 Å². The highest BCUT2D eigenvalue weighted by Crippen LogP contribution is 2.34. The zero-order valence-corrected chi connectivity index (χ0v) is 11.8. The van der Waals surface area contributed by atoms with Crippen LogP contribution in [0.3, 0.4) is 0 Å². The number of nitrogens with one attached hydrogen (secondary N) is 1. The number of carbonyl (C=O) groups is 1. The molecule has 0 bridgehead atoms. The van der Waals surface area contributed by atoms with Gasteiger partial charge in [0.1, 0.15) is 6.04 Å². The molecule has 2 aliphatic rings. The standard InChI is InChI=1S/C13H15NO5S/c1-17-13(15)10-6-20(16)5-9(14-10)8-2-3-11-12(4-8)19-7-18-11/h2-4,9-10,14H,5-7H2,1H3. The fraction of sp³-hybridized carbons (Fsp3) is 0.462. The summed E-state index contributed by atoms with van der Waals surface area (Å²) in [6.45, 7) is 0.216. The van der Waals surface area contributed by atoms with E-state index in [9.17, 15) is 9.00 Å². The van der Waals surface area contributed by atoms with E-state index in [0.29, 0.717) is 17.3 Å². The van der Waals surface area contributed by atoms with Crippen molar-refractivity contribution in [1.29, 1.82) is 0 Å². The van der Waals surface area contributed by atoms with Gasteiger partial charge in [-0.3, -0.25) is 14.3 Å². The summed E-state index contributed by atoms with van der Waals surface area (Å²) in [6, 6.07) is 4.87. The first-order valence-corrected chi connectivity index (χ1v) is 7.74. The highest BCUT2D eigenvalue weighted by molar-refractivity contribution is 7.85. The van der Waals surface area contributed by atoms with Crippen molar-refractivity contribution in [2.24, 2.45) is 0 Å². The van der Waals surface area contributed by atoms with Crippen molar-refractivity contribution in [2.75, 3.05) is 25.4 Å². The van der Waals surface area contributed by atoms with Crippen LogP contribution >= 0.6 is 0 Å². The molecule has 0 radical (unpaired) electrons. The second-order valence-electron chi connectivity index (χ2n) is 4.68. The van der Waals surface area contributed by atoms with E-state index in [2.05, 4.69) is 5.32 Å². The Labute approximate surface area is 118 Å². The molecular weight excluding hydrogens is 282 g/mol. The normalized spacial score (nSPS) is 28.1. The van der Waals surface area contributed by atoms with E-state index in [0.717, 1.165) is 5.56 Å². The van der Waals surface area contributed by atoms with E-state index in [1.165, 1.54) is 7.11 Å². The molecule has 0 amide bonds. The Kier molecular flexibility index (Phi) is 3.62. The van der Waals surface area contributed by atoms with Crippen LogP contribution in [0.25, 0.3) is 0 Å². The smallest absolute Gasteiger partial charge is 0.323 e. The maximum atomic E-state index is 11.9. The zero-order chi connectivity index (χ0) is 14.1. The lowest BCUT2D eigenvalue weighted by Crippen LogP contribution is -2.49. The molecule has 1 saturated heterocycles. The molecule has 1 aromatic carbocycles. The Bertz CT molecular complexity index is 562. The van der Waals surface area contributed by atoms with Crippen molar-refractivity contribution < 1.29 is 23.2 Å². The number of hydrogen-bond donors (Lipinski definition) is 1. The summed E-state index contributed by atoms with van der Waals surface area (Å²) in [4.78, 5) is 11.6. The summed E-state index contributed by atoms with van der Waals surface area (Å²) >= 11 is 0. The SMILES string of the molecule is COC(=O)C1CS(=O)CC(c2ccc3c(c2)OCO3)N1. The van der Waals surface area contributed by atoms with E-state index in [4.69, 9.17) is 14.2 Å². The predicted octanol–water partition coefficient (Wildman–Crippen LogP) is 0.350. The molecule has 0 aliphatic carbocycles. The van der Waals surface area contributed by atoms with E-state index in [-0.39, 0.29) is 24.6 Å². The minimum absolute atomic E-state index is 0.164. The van der Waals surface area contributed by atoms with Gasteiger partial charge in [0.25, 0.3) is 0 Å². The van der Waals surface area contributed by atoms with Crippen LogP contribution in [0.1, 0.15) is 11.6 Å². The molecular formula is C13H15NO5S. The third-order valence-electron chi connectivity index (χ3n) is 3.39. The third-order valence-corrected chi connectivity index (χ3v) is 4.80. The topological polar surface area (TPSA) is 73.9 Å². The number of hydrogen-bond acceptors (Lipinski definition) is 6. The van der Waals surface area contributed by atoms with Crippen molar-refractivity contribution in [1.82, 2.24) is 5.32 Å². The average Bonchev–Trinajstić information content (AvgIpc) is 2.93. The Morgan fingerprint density at radius 3 is 2.95 bits per heavy atom. The number of esters is 1. The molecule has 20 heavy (non-hydrogen) atoms. The van der Waals surface area contributed by atoms with Gasteiger partial charge in [0.05, 0.1) is 7.11 Å². The minimum Gasteiger partial charge on any atom is -0.468 e. The Hall–Kier alpha value is -1.60. The summed E-state index contributed by atoms with van der Waals surface area (Å²) in [5.74, 6) is 1.75. The monoisotopic (exact) mass is 297 g/mol. The molecule has 0 aromatic heterocycles. The molecule has 2 heterocycles. The number of ether oxygens (including phenoxy) is 3. The summed E-state index contributed by atoms with van der Waals surface area (Å²) in [5.41, 5.74) is 0.927. The largest absolute Gasteiger partial charge is 0.468 e. The minimum atomic E-state index is -1.06. The number of benzene rings is 1. The third kappa shape index (κ3) is 2.51. The van der Waals surface area contributed by atoms with Gasteiger partial charge in [0.2, 0.25) is 6.79 Å². The first kappa shape index (κ1) is 13.4. The van der Waals surface area contributed by atoms with Crippen molar-refractivity contribution in [3.8, 4) is 11.5 Å². The number of rotatable bonds is 2. The first-order valence-electron chi connectivity index (χ1n) is 6.26. The quantitative estimate of drug-likeness (QED) is 0.794. The van der Waals surface area contributed by atoms with Crippen LogP contribution in [-0.4, -0.2) is 41.6 Å². The lowest BCUT2D eigenvalue weighted by atomic mass is 10.1. The summed E-state index contributed by atoms with van der Waals surface area (Å²) in [7, 11) is 0.274. The van der Waals surface area contributed by atoms with Crippen molar-refractivity contribution in [3.63, 3.8) is 0 Å². The highest BCUT2D eigenvalue weighted by Gasteiger charge is 2.32. The van der Waals surface area contributed by atoms with Gasteiger partial charge in [-0.2, -0.15) is 0 Å². The summed E-state index contributed by atoms with van der Waals surface area (Å²) < 4.78 is 27.2. The summed E-state index contributed by atoms with van der Waals surface area (Å²) in [5, 5.41) is 3.18. The molecule has 1 N–H and O–H groups in total. The van der Waals surface area contributed by atoms with Crippen LogP contribution in [0.4, 0.5) is 0 Å². The van der Waals surface area contributed by atoms with Gasteiger partial charge in [-0.05, 0) is 17.7 Å². The zero-order valence-electron chi connectivity index (χ0n) is 11.0. The summed E-state index contributed by atoms with van der Waals surface area (Å²) in [6.07, 6.45) is 0. The van der Waals surface area contributed by atoms with Crippen LogP contribution < -0.4 is 14.8 Å². The molecule has 3 unspecified atom stereocenters. The molecule has 3 atom stereocenters. The van der Waals surface area contributed by atoms with Gasteiger partial charge in [-0.1, -0.05) is 6.07 Å². The molecule has 7 heteroatoms. The second-order valence-corrected chi connectivity index (χ2v) is 6.23. The Balaban J connectivity index is 1.82. The van der Waals surface area contributed by atoms with Crippen LogP contribution in [0.15, 0.2) is 18.2 Å². The van der Waals surface area contributed by atoms with Crippen molar-refractivity contribution >= 4 is 16.8 Å². The first-order chi connectivity index (χ1) is 9.67. The predicted molar refractivity (Wildman–Crippen MR) is 72.1 cm³/mol. The van der Waals surface area contributed by atoms with Gasteiger partial charge in [-0.15, -0.1) is 0 Å². The second kappa shape index (κ2) is 5.41. The number of carbonyl (C=O) groups excluding carboxylic acids is 1. The number of fused-ring (bicyclic) bond motifs is 1. The van der Waals surface area contributed by atoms with Crippen LogP contribution in [0, 0.1) is 0 Å². The van der Waals surface area contributed by atoms with Crippen LogP contribution in [0.2, 0.25) is 0 Å². The Morgan fingerprint density at radius 2 is 2.15 bits per heavy atom. The van der Waals surface area contributed by atoms with E-state index in [1.54, 1.807) is 0 Å². The molecule has 108 valence electrons. The Morgan fingerprint density at radius 1 is 1.35 bits per heavy atom. The van der Waals surface area contributed by atoms with Crippen molar-refractivity contribution in [3.05, 3.63) is 23.8 Å². The molecule has 3 rings (SSSR count). The molecule has 6 nitrogen and oxygen atoms in total. The molecule has 1 aromatic rings. The molecule has 0 saturated carbocycles. The van der Waals surface area contributed by atoms with Gasteiger partial charge >= 0.3 is 5.97 Å². The van der Waals surface area contributed by atoms with E-state index >= 15 is 0 Å². The average molecular weight is 297 g/mol. The lowest BCUT2D eigenvalue weighted by molar-refractivity contribution is -0.142. The van der Waals surface area contributed by atoms with Crippen LogP contribution in [0.5, 0.6) is 11.5 Å². The van der Waals surface area contributed by atoms with Crippen molar-refractivity contribution in [2.45, 2.75) is 12.1 Å². The molecule has 1 fully saturated rings. The van der Waals surface area contributed by atoms with Gasteiger partial charge in [0.15, 0.2) is 11.5 Å². The fourth-order valence-electron chi connectivity index (χ4n) is 2.38. The molecule has 2 aliphatic heterocycles. The highest BCUT2D eigenvalue weighted by atomic mass is 32.2. The fourth-order valence-corrected chi connectivity index (χ4v) is 3.78.